The molecule has 8 nitrogen and oxygen atoms in total. The Kier molecular flexibility index (Phi) is 7.32. The van der Waals surface area contributed by atoms with Gasteiger partial charge in [0.1, 0.15) is 6.07 Å². The molecule has 2 saturated heterocycles. The first-order valence-electron chi connectivity index (χ1n) is 12.5. The number of nitrogens with zero attached hydrogens (tertiary/aromatic N) is 3. The summed E-state index contributed by atoms with van der Waals surface area (Å²) >= 11 is 0. The molecular formula is C26H36N4O4. The molecular weight excluding hydrogens is 432 g/mol. The van der Waals surface area contributed by atoms with Gasteiger partial charge in [0.15, 0.2) is 0 Å². The molecule has 1 aromatic rings. The van der Waals surface area contributed by atoms with E-state index in [1.807, 2.05) is 19.9 Å². The fraction of sp³-hybridized carbons (Fsp3) is 0.654. The molecule has 0 radical (unpaired) electrons. The fourth-order valence-electron chi connectivity index (χ4n) is 5.66. The molecule has 34 heavy (non-hydrogen) atoms. The third-order valence-corrected chi connectivity index (χ3v) is 7.48. The monoisotopic (exact) mass is 468 g/mol. The number of aliphatic hydroxyl groups excluding tert-OH is 1. The first kappa shape index (κ1) is 24.3. The Morgan fingerprint density at radius 2 is 2.03 bits per heavy atom. The summed E-state index contributed by atoms with van der Waals surface area (Å²) < 4.78 is 5.17. The van der Waals surface area contributed by atoms with Crippen LogP contribution in [0.15, 0.2) is 18.2 Å². The number of aliphatic hydroxyl groups is 1. The molecule has 0 bridgehead atoms. The van der Waals surface area contributed by atoms with E-state index in [-0.39, 0.29) is 24.0 Å². The minimum absolute atomic E-state index is 0.230. The second-order valence-electron chi connectivity index (χ2n) is 10.5. The third-order valence-electron chi connectivity index (χ3n) is 7.48. The number of nitriles is 1. The molecule has 4 rings (SSSR count). The standard InChI is InChI=1S/C26H36N4O4/c1-18(2)16-34-25(33)28-20-4-9-23(19(14-20)15-27)29-12-3-10-26(17-29)11-13-30(24(26)32)21-5-7-22(31)8-6-21/h4,9,14,18,21-22,31H,3,5-8,10-13,16-17H2,1-2H3,(H,28,33)/t21?,22?,26-/m0/s1. The van der Waals surface area contributed by atoms with Crippen LogP contribution in [0.2, 0.25) is 0 Å². The zero-order chi connectivity index (χ0) is 24.3. The van der Waals surface area contributed by atoms with Gasteiger partial charge in [-0.15, -0.1) is 0 Å². The van der Waals surface area contributed by atoms with Crippen LogP contribution in [0, 0.1) is 22.7 Å². The minimum atomic E-state index is -0.533. The number of piperidine rings is 1. The lowest BCUT2D eigenvalue weighted by atomic mass is 9.78. The highest BCUT2D eigenvalue weighted by molar-refractivity contribution is 5.87. The number of carbonyl (C=O) groups is 2. The van der Waals surface area contributed by atoms with Crippen LogP contribution >= 0.6 is 0 Å². The Hall–Kier alpha value is -2.79. The number of amides is 2. The molecule has 1 atom stereocenters. The van der Waals surface area contributed by atoms with E-state index in [4.69, 9.17) is 4.74 Å². The number of benzene rings is 1. The van der Waals surface area contributed by atoms with Crippen LogP contribution in [-0.4, -0.2) is 60.4 Å². The van der Waals surface area contributed by atoms with Gasteiger partial charge in [-0.2, -0.15) is 5.26 Å². The number of likely N-dealkylation sites (tertiary alicyclic amines) is 1. The van der Waals surface area contributed by atoms with E-state index in [2.05, 4.69) is 21.2 Å². The van der Waals surface area contributed by atoms with Crippen molar-refractivity contribution in [2.75, 3.05) is 36.5 Å². The number of anilines is 2. The lowest BCUT2D eigenvalue weighted by molar-refractivity contribution is -0.139. The summed E-state index contributed by atoms with van der Waals surface area (Å²) in [6.45, 7) is 6.44. The molecule has 8 heteroatoms. The van der Waals surface area contributed by atoms with E-state index in [0.717, 1.165) is 63.7 Å². The van der Waals surface area contributed by atoms with E-state index in [1.165, 1.54) is 0 Å². The van der Waals surface area contributed by atoms with Crippen LogP contribution in [0.5, 0.6) is 0 Å². The minimum Gasteiger partial charge on any atom is -0.449 e. The predicted molar refractivity (Wildman–Crippen MR) is 129 cm³/mol. The van der Waals surface area contributed by atoms with Gasteiger partial charge >= 0.3 is 6.09 Å². The normalized spacial score (nSPS) is 27.2. The zero-order valence-corrected chi connectivity index (χ0v) is 20.3. The van der Waals surface area contributed by atoms with Crippen molar-refractivity contribution in [2.24, 2.45) is 11.3 Å². The van der Waals surface area contributed by atoms with Crippen molar-refractivity contribution in [1.82, 2.24) is 4.90 Å². The summed E-state index contributed by atoms with van der Waals surface area (Å²) in [4.78, 5) is 29.8. The van der Waals surface area contributed by atoms with Crippen LogP contribution in [0.1, 0.15) is 64.4 Å². The van der Waals surface area contributed by atoms with Crippen molar-refractivity contribution in [3.8, 4) is 6.07 Å². The fourth-order valence-corrected chi connectivity index (χ4v) is 5.66. The van der Waals surface area contributed by atoms with Crippen LogP contribution in [-0.2, 0) is 9.53 Å². The number of rotatable bonds is 5. The molecule has 2 aliphatic heterocycles. The van der Waals surface area contributed by atoms with Crippen molar-refractivity contribution in [1.29, 1.82) is 5.26 Å². The molecule has 0 unspecified atom stereocenters. The van der Waals surface area contributed by atoms with E-state index in [1.54, 1.807) is 12.1 Å². The molecule has 2 amide bonds. The molecule has 3 aliphatic rings. The van der Waals surface area contributed by atoms with Crippen LogP contribution in [0.4, 0.5) is 16.2 Å². The second-order valence-corrected chi connectivity index (χ2v) is 10.5. The molecule has 184 valence electrons. The Bertz CT molecular complexity index is 951. The maximum absolute atomic E-state index is 13.6. The van der Waals surface area contributed by atoms with Gasteiger partial charge in [-0.05, 0) is 69.1 Å². The smallest absolute Gasteiger partial charge is 0.411 e. The van der Waals surface area contributed by atoms with E-state index >= 15 is 0 Å². The first-order chi connectivity index (χ1) is 16.3. The van der Waals surface area contributed by atoms with Crippen molar-refractivity contribution in [2.45, 2.75) is 70.9 Å². The molecule has 2 N–H and O–H groups in total. The molecule has 3 fully saturated rings. The van der Waals surface area contributed by atoms with Crippen molar-refractivity contribution in [3.05, 3.63) is 23.8 Å². The highest BCUT2D eigenvalue weighted by atomic mass is 16.5. The SMILES string of the molecule is CC(C)COC(=O)Nc1ccc(N2CCC[C@]3(CCN(C4CCC(O)CC4)C3=O)C2)c(C#N)c1. The van der Waals surface area contributed by atoms with E-state index < -0.39 is 11.5 Å². The summed E-state index contributed by atoms with van der Waals surface area (Å²) in [7, 11) is 0. The van der Waals surface area contributed by atoms with Gasteiger partial charge < -0.3 is 19.6 Å². The van der Waals surface area contributed by atoms with Crippen molar-refractivity contribution >= 4 is 23.4 Å². The van der Waals surface area contributed by atoms with Gasteiger partial charge in [0, 0.05) is 31.4 Å². The number of hydrogen-bond donors (Lipinski definition) is 2. The van der Waals surface area contributed by atoms with Gasteiger partial charge in [0.25, 0.3) is 0 Å². The van der Waals surface area contributed by atoms with Crippen LogP contribution in [0.25, 0.3) is 0 Å². The predicted octanol–water partition coefficient (Wildman–Crippen LogP) is 3.89. The lowest BCUT2D eigenvalue weighted by Gasteiger charge is -2.41. The topological polar surface area (TPSA) is 106 Å². The van der Waals surface area contributed by atoms with Crippen molar-refractivity contribution in [3.63, 3.8) is 0 Å². The number of nitrogens with one attached hydrogen (secondary N) is 1. The first-order valence-corrected chi connectivity index (χ1v) is 12.5. The Labute approximate surface area is 201 Å². The molecule has 1 spiro atoms. The van der Waals surface area contributed by atoms with E-state index in [0.29, 0.717) is 24.4 Å². The Morgan fingerprint density at radius 1 is 1.26 bits per heavy atom. The molecule has 0 aromatic heterocycles. The Balaban J connectivity index is 1.45. The van der Waals surface area contributed by atoms with Gasteiger partial charge in [0.2, 0.25) is 5.91 Å². The average Bonchev–Trinajstić information content (AvgIpc) is 3.13. The third kappa shape index (κ3) is 5.15. The van der Waals surface area contributed by atoms with Crippen LogP contribution in [0.3, 0.4) is 0 Å². The number of hydrogen-bond acceptors (Lipinski definition) is 6. The van der Waals surface area contributed by atoms with Crippen molar-refractivity contribution < 1.29 is 19.4 Å². The summed E-state index contributed by atoms with van der Waals surface area (Å²) in [5.41, 5.74) is 1.39. The second kappa shape index (κ2) is 10.2. The summed E-state index contributed by atoms with van der Waals surface area (Å²) in [6.07, 6.45) is 5.13. The largest absolute Gasteiger partial charge is 0.449 e. The van der Waals surface area contributed by atoms with E-state index in [9.17, 15) is 20.0 Å². The van der Waals surface area contributed by atoms with Gasteiger partial charge in [-0.3, -0.25) is 10.1 Å². The zero-order valence-electron chi connectivity index (χ0n) is 20.3. The maximum Gasteiger partial charge on any atom is 0.411 e. The summed E-state index contributed by atoms with van der Waals surface area (Å²) in [6, 6.07) is 7.80. The molecule has 1 aromatic carbocycles. The lowest BCUT2D eigenvalue weighted by Crippen LogP contribution is -2.50. The summed E-state index contributed by atoms with van der Waals surface area (Å²) in [5.74, 6) is 0.483. The molecule has 2 heterocycles. The maximum atomic E-state index is 13.6. The molecule has 1 saturated carbocycles. The summed E-state index contributed by atoms with van der Waals surface area (Å²) in [5, 5.41) is 22.3. The van der Waals surface area contributed by atoms with Crippen LogP contribution < -0.4 is 10.2 Å². The quantitative estimate of drug-likeness (QED) is 0.679. The average molecular weight is 469 g/mol. The van der Waals surface area contributed by atoms with Gasteiger partial charge in [-0.25, -0.2) is 4.79 Å². The molecule has 1 aliphatic carbocycles. The highest BCUT2D eigenvalue weighted by Crippen LogP contribution is 2.44. The highest BCUT2D eigenvalue weighted by Gasteiger charge is 2.50. The Morgan fingerprint density at radius 3 is 2.74 bits per heavy atom. The number of ether oxygens (including phenoxy) is 1. The number of carbonyl (C=O) groups excluding carboxylic acids is 2. The van der Waals surface area contributed by atoms with Gasteiger partial charge in [-0.1, -0.05) is 13.8 Å². The van der Waals surface area contributed by atoms with Gasteiger partial charge in [0.05, 0.1) is 29.4 Å².